The Morgan fingerprint density at radius 1 is 1.33 bits per heavy atom. The van der Waals surface area contributed by atoms with Crippen LogP contribution in [0.1, 0.15) is 12.0 Å². The molecule has 0 amide bonds. The second-order valence-electron chi connectivity index (χ2n) is 3.53. The van der Waals surface area contributed by atoms with Gasteiger partial charge in [0.1, 0.15) is 0 Å². The minimum atomic E-state index is -1.45. The third kappa shape index (κ3) is 3.90. The Bertz CT molecular complexity index is 430. The molecule has 2 nitrogen and oxygen atoms in total. The Morgan fingerprint density at radius 2 is 1.89 bits per heavy atom. The first kappa shape index (κ1) is 16.4. The van der Waals surface area contributed by atoms with Crippen LogP contribution in [0.5, 0.6) is 0 Å². The Morgan fingerprint density at radius 3 is 2.33 bits per heavy atom. The van der Waals surface area contributed by atoms with Gasteiger partial charge < -0.3 is 0 Å². The molecule has 98 valence electrons. The van der Waals surface area contributed by atoms with Crippen LogP contribution in [-0.4, -0.2) is 16.3 Å². The van der Waals surface area contributed by atoms with Crippen LogP contribution in [0.15, 0.2) is 28.7 Å². The van der Waals surface area contributed by atoms with E-state index in [1.807, 2.05) is 6.07 Å². The molecule has 1 aromatic carbocycles. The van der Waals surface area contributed by atoms with Crippen LogP contribution in [0.25, 0.3) is 0 Å². The highest BCUT2D eigenvalue weighted by Gasteiger charge is 2.37. The summed E-state index contributed by atoms with van der Waals surface area (Å²) in [6, 6.07) is 8.67. The summed E-state index contributed by atoms with van der Waals surface area (Å²) < 4.78 is 0.635. The predicted octanol–water partition coefficient (Wildman–Crippen LogP) is 5.01. The first-order chi connectivity index (χ1) is 8.43. The molecule has 1 rings (SSSR count). The lowest BCUT2D eigenvalue weighted by Crippen LogP contribution is -2.39. The van der Waals surface area contributed by atoms with E-state index in [4.69, 9.17) is 51.8 Å². The van der Waals surface area contributed by atoms with Gasteiger partial charge in [-0.1, -0.05) is 51.3 Å². The zero-order chi connectivity index (χ0) is 13.8. The summed E-state index contributed by atoms with van der Waals surface area (Å²) in [5.74, 6) is 0.161. The number of hydrogen-bond acceptors (Lipinski definition) is 2. The van der Waals surface area contributed by atoms with Crippen LogP contribution in [0.3, 0.4) is 0 Å². The van der Waals surface area contributed by atoms with Gasteiger partial charge in [0.25, 0.3) is 0 Å². The van der Waals surface area contributed by atoms with Crippen LogP contribution in [0.4, 0.5) is 0 Å². The topological polar surface area (TPSA) is 27.0 Å². The van der Waals surface area contributed by atoms with Gasteiger partial charge in [-0.15, -0.1) is 11.6 Å². The monoisotopic (exact) mass is 388 g/mol. The van der Waals surface area contributed by atoms with Crippen LogP contribution in [-0.2, 0) is 4.46 Å². The van der Waals surface area contributed by atoms with Crippen molar-refractivity contribution in [3.63, 3.8) is 0 Å². The fourth-order valence-corrected chi connectivity index (χ4v) is 2.65. The first-order valence-corrected chi connectivity index (χ1v) is 7.37. The Balaban J connectivity index is 2.97. The molecule has 0 aliphatic heterocycles. The average Bonchev–Trinajstić information content (AvgIpc) is 2.35. The summed E-state index contributed by atoms with van der Waals surface area (Å²) in [6.45, 7) is 0. The normalized spacial score (nSPS) is 13.4. The van der Waals surface area contributed by atoms with Crippen molar-refractivity contribution in [3.8, 4) is 6.07 Å². The summed E-state index contributed by atoms with van der Waals surface area (Å²) in [4.78, 5) is 0. The lowest BCUT2D eigenvalue weighted by Gasteiger charge is -2.33. The van der Waals surface area contributed by atoms with Gasteiger partial charge in [0.15, 0.2) is 0 Å². The third-order valence-electron chi connectivity index (χ3n) is 2.29. The van der Waals surface area contributed by atoms with E-state index in [1.54, 1.807) is 24.3 Å². The van der Waals surface area contributed by atoms with Gasteiger partial charge in [-0.3, -0.25) is 0 Å². The second kappa shape index (κ2) is 7.19. The van der Waals surface area contributed by atoms with Gasteiger partial charge in [0.05, 0.1) is 18.5 Å². The molecule has 0 N–H and O–H groups in total. The quantitative estimate of drug-likeness (QED) is 0.401. The van der Waals surface area contributed by atoms with Gasteiger partial charge in [-0.05, 0) is 23.9 Å². The molecule has 0 saturated carbocycles. The number of alkyl halides is 3. The minimum absolute atomic E-state index is 0.144. The number of halogens is 5. The maximum absolute atomic E-state index is 8.70. The lowest BCUT2D eigenvalue weighted by molar-refractivity contribution is 0.315. The van der Waals surface area contributed by atoms with Crippen molar-refractivity contribution in [3.05, 3.63) is 34.3 Å². The van der Waals surface area contributed by atoms with E-state index in [9.17, 15) is 0 Å². The molecule has 0 aliphatic carbocycles. The summed E-state index contributed by atoms with van der Waals surface area (Å²) in [5.41, 5.74) is 0.608. The van der Waals surface area contributed by atoms with Crippen molar-refractivity contribution in [1.29, 1.82) is 5.26 Å². The Kier molecular flexibility index (Phi) is 6.54. The maximum Gasteiger partial charge on any atom is 0.210 e. The fraction of sp³-hybridized carbons (Fsp3) is 0.364. The molecule has 18 heavy (non-hydrogen) atoms. The zero-order valence-corrected chi connectivity index (χ0v) is 13.7. The van der Waals surface area contributed by atoms with E-state index in [0.29, 0.717) is 5.56 Å². The van der Waals surface area contributed by atoms with Crippen molar-refractivity contribution in [1.82, 2.24) is 4.42 Å². The third-order valence-corrected chi connectivity index (χ3v) is 4.67. The molecular weight excluding hydrogens is 382 g/mol. The van der Waals surface area contributed by atoms with E-state index in [2.05, 4.69) is 15.9 Å². The summed E-state index contributed by atoms with van der Waals surface area (Å²) >= 11 is 27.7. The molecule has 0 saturated heterocycles. The van der Waals surface area contributed by atoms with Gasteiger partial charge in [0, 0.05) is 15.9 Å². The molecule has 7 heteroatoms. The Labute approximate surface area is 135 Å². The van der Waals surface area contributed by atoms with E-state index >= 15 is 0 Å². The molecule has 0 bridgehead atoms. The average molecular weight is 391 g/mol. The van der Waals surface area contributed by atoms with E-state index in [0.717, 1.165) is 4.47 Å². The molecule has 0 fully saturated rings. The van der Waals surface area contributed by atoms with Crippen molar-refractivity contribution in [2.45, 2.75) is 16.9 Å². The maximum atomic E-state index is 8.70. The first-order valence-electron chi connectivity index (χ1n) is 4.95. The van der Waals surface area contributed by atoms with Crippen molar-refractivity contribution < 1.29 is 0 Å². The van der Waals surface area contributed by atoms with Gasteiger partial charge in [-0.2, -0.15) is 9.68 Å². The molecule has 0 radical (unpaired) electrons. The predicted molar refractivity (Wildman–Crippen MR) is 80.0 cm³/mol. The second-order valence-corrected chi connectivity index (χ2v) is 6.41. The zero-order valence-electron chi connectivity index (χ0n) is 9.09. The smallest absolute Gasteiger partial charge is 0.198 e. The summed E-state index contributed by atoms with van der Waals surface area (Å²) in [5, 5.41) is 8.70. The van der Waals surface area contributed by atoms with Crippen molar-refractivity contribution >= 4 is 62.5 Å². The number of nitriles is 1. The number of benzene rings is 1. The number of hydrogen-bond donors (Lipinski definition) is 0. The molecular formula is C11H9BrCl4N2. The Hall–Kier alpha value is 0.310. The molecule has 0 spiro atoms. The van der Waals surface area contributed by atoms with Crippen molar-refractivity contribution in [2.75, 3.05) is 5.88 Å². The van der Waals surface area contributed by atoms with E-state index in [-0.39, 0.29) is 12.3 Å². The highest BCUT2D eigenvalue weighted by Crippen LogP contribution is 2.41. The minimum Gasteiger partial charge on any atom is -0.198 e. The van der Waals surface area contributed by atoms with E-state index < -0.39 is 10.5 Å². The highest BCUT2D eigenvalue weighted by atomic mass is 79.9. The molecule has 0 aromatic heterocycles. The standard InChI is InChI=1S/C11H9BrCl4N2/c12-9-3-1-8(2-4-9)11(14,15)18(16)10(7-13)5-6-17/h1-4,10H,5,7H2. The van der Waals surface area contributed by atoms with E-state index in [1.165, 1.54) is 4.42 Å². The number of rotatable bonds is 5. The lowest BCUT2D eigenvalue weighted by atomic mass is 10.2. The van der Waals surface area contributed by atoms with Gasteiger partial charge in [0.2, 0.25) is 4.46 Å². The fourth-order valence-electron chi connectivity index (χ4n) is 1.30. The van der Waals surface area contributed by atoms with Crippen LogP contribution in [0.2, 0.25) is 0 Å². The largest absolute Gasteiger partial charge is 0.210 e. The van der Waals surface area contributed by atoms with Crippen LogP contribution >= 0.6 is 62.5 Å². The van der Waals surface area contributed by atoms with Crippen molar-refractivity contribution in [2.24, 2.45) is 0 Å². The van der Waals surface area contributed by atoms with Crippen LogP contribution < -0.4 is 0 Å². The highest BCUT2D eigenvalue weighted by molar-refractivity contribution is 9.10. The molecule has 1 aromatic rings. The molecule has 0 heterocycles. The molecule has 1 atom stereocenters. The summed E-state index contributed by atoms with van der Waals surface area (Å²) in [7, 11) is 0. The number of nitrogens with zero attached hydrogens (tertiary/aromatic N) is 2. The molecule has 0 aliphatic rings. The molecule has 1 unspecified atom stereocenters. The summed E-state index contributed by atoms with van der Waals surface area (Å²) in [6.07, 6.45) is 0.144. The van der Waals surface area contributed by atoms with Gasteiger partial charge in [-0.25, -0.2) is 0 Å². The SMILES string of the molecule is N#CCC(CCl)N(Cl)C(Cl)(Cl)c1ccc(Br)cc1. The van der Waals surface area contributed by atoms with Crippen LogP contribution in [0, 0.1) is 11.3 Å². The van der Waals surface area contributed by atoms with Gasteiger partial charge >= 0.3 is 0 Å².